The Bertz CT molecular complexity index is 836. The van der Waals surface area contributed by atoms with E-state index in [9.17, 15) is 9.59 Å². The minimum atomic E-state index is -0.440. The molecular weight excluding hydrogens is 366 g/mol. The second kappa shape index (κ2) is 10.1. The second-order valence-corrected chi connectivity index (χ2v) is 7.36. The standard InChI is InChI=1S/C23H29N3O3/c1-17-5-3-4-6-19(17)16-26-14-13-25-23(28)21(26)15-22(27)24-12-11-18-7-9-20(29-2)10-8-18/h3-10,21H,11-16H2,1-2H3,(H,24,27)(H,25,28)/t21-/m0/s1. The van der Waals surface area contributed by atoms with E-state index in [1.54, 1.807) is 7.11 Å². The fraction of sp³-hybridized carbons (Fsp3) is 0.391. The molecule has 1 aliphatic rings. The lowest BCUT2D eigenvalue weighted by Gasteiger charge is -2.35. The average Bonchev–Trinajstić information content (AvgIpc) is 2.73. The molecule has 2 aromatic rings. The first-order valence-electron chi connectivity index (χ1n) is 10.0. The van der Waals surface area contributed by atoms with Crippen molar-refractivity contribution in [2.24, 2.45) is 0 Å². The van der Waals surface area contributed by atoms with E-state index >= 15 is 0 Å². The maximum Gasteiger partial charge on any atom is 0.237 e. The Morgan fingerprint density at radius 1 is 1.21 bits per heavy atom. The molecule has 0 radical (unpaired) electrons. The lowest BCUT2D eigenvalue weighted by molar-refractivity contribution is -0.134. The average molecular weight is 396 g/mol. The Hall–Kier alpha value is -2.86. The van der Waals surface area contributed by atoms with E-state index in [1.807, 2.05) is 36.4 Å². The molecule has 2 N–H and O–H groups in total. The Balaban J connectivity index is 1.53. The fourth-order valence-corrected chi connectivity index (χ4v) is 3.57. The van der Waals surface area contributed by atoms with Gasteiger partial charge in [0.2, 0.25) is 11.8 Å². The summed E-state index contributed by atoms with van der Waals surface area (Å²) in [6.07, 6.45) is 0.903. The summed E-state index contributed by atoms with van der Waals surface area (Å²) in [4.78, 5) is 27.0. The zero-order valence-electron chi connectivity index (χ0n) is 17.1. The highest BCUT2D eigenvalue weighted by molar-refractivity contribution is 5.88. The molecule has 0 unspecified atom stereocenters. The van der Waals surface area contributed by atoms with E-state index in [0.717, 1.165) is 24.3 Å². The zero-order chi connectivity index (χ0) is 20.6. The van der Waals surface area contributed by atoms with E-state index in [4.69, 9.17) is 4.74 Å². The molecular formula is C23H29N3O3. The van der Waals surface area contributed by atoms with Crippen molar-refractivity contribution in [2.75, 3.05) is 26.7 Å². The van der Waals surface area contributed by atoms with Gasteiger partial charge in [-0.05, 0) is 42.2 Å². The lowest BCUT2D eigenvalue weighted by atomic mass is 10.0. The van der Waals surface area contributed by atoms with Crippen LogP contribution in [-0.2, 0) is 22.6 Å². The Morgan fingerprint density at radius 2 is 1.97 bits per heavy atom. The first kappa shape index (κ1) is 20.9. The van der Waals surface area contributed by atoms with E-state index in [-0.39, 0.29) is 18.2 Å². The lowest BCUT2D eigenvalue weighted by Crippen LogP contribution is -2.56. The summed E-state index contributed by atoms with van der Waals surface area (Å²) in [5.74, 6) is 0.639. The van der Waals surface area contributed by atoms with Gasteiger partial charge >= 0.3 is 0 Å². The molecule has 1 aliphatic heterocycles. The SMILES string of the molecule is COc1ccc(CCNC(=O)C[C@H]2C(=O)NCCN2Cc2ccccc2C)cc1. The molecule has 0 spiro atoms. The number of hydrogen-bond donors (Lipinski definition) is 2. The number of rotatable bonds is 8. The molecule has 154 valence electrons. The molecule has 6 nitrogen and oxygen atoms in total. The third-order valence-electron chi connectivity index (χ3n) is 5.35. The Kier molecular flexibility index (Phi) is 7.25. The van der Waals surface area contributed by atoms with Crippen LogP contribution in [0.3, 0.4) is 0 Å². The number of piperazine rings is 1. The highest BCUT2D eigenvalue weighted by Gasteiger charge is 2.31. The van der Waals surface area contributed by atoms with E-state index in [0.29, 0.717) is 19.6 Å². The van der Waals surface area contributed by atoms with Crippen LogP contribution in [-0.4, -0.2) is 49.5 Å². The maximum absolute atomic E-state index is 12.5. The molecule has 0 bridgehead atoms. The molecule has 0 aromatic heterocycles. The summed E-state index contributed by atoms with van der Waals surface area (Å²) >= 11 is 0. The number of benzene rings is 2. The number of amides is 2. The van der Waals surface area contributed by atoms with Crippen molar-refractivity contribution in [1.82, 2.24) is 15.5 Å². The van der Waals surface area contributed by atoms with Crippen molar-refractivity contribution in [3.05, 3.63) is 65.2 Å². The molecule has 0 aliphatic carbocycles. The quantitative estimate of drug-likeness (QED) is 0.718. The minimum absolute atomic E-state index is 0.0739. The molecule has 1 fully saturated rings. The van der Waals surface area contributed by atoms with Gasteiger partial charge in [-0.25, -0.2) is 0 Å². The largest absolute Gasteiger partial charge is 0.497 e. The smallest absolute Gasteiger partial charge is 0.237 e. The van der Waals surface area contributed by atoms with Crippen LogP contribution in [0.25, 0.3) is 0 Å². The summed E-state index contributed by atoms with van der Waals surface area (Å²) < 4.78 is 5.15. The second-order valence-electron chi connectivity index (χ2n) is 7.36. The van der Waals surface area contributed by atoms with E-state index < -0.39 is 6.04 Å². The summed E-state index contributed by atoms with van der Waals surface area (Å²) in [5.41, 5.74) is 3.51. The summed E-state index contributed by atoms with van der Waals surface area (Å²) in [5, 5.41) is 5.83. The number of nitrogens with zero attached hydrogens (tertiary/aromatic N) is 1. The number of methoxy groups -OCH3 is 1. The van der Waals surface area contributed by atoms with E-state index in [1.165, 1.54) is 11.1 Å². The van der Waals surface area contributed by atoms with Crippen LogP contribution < -0.4 is 15.4 Å². The Morgan fingerprint density at radius 3 is 2.69 bits per heavy atom. The minimum Gasteiger partial charge on any atom is -0.497 e. The van der Waals surface area contributed by atoms with Crippen LogP contribution >= 0.6 is 0 Å². The third kappa shape index (κ3) is 5.81. The summed E-state index contributed by atoms with van der Waals surface area (Å²) in [7, 11) is 1.64. The van der Waals surface area contributed by atoms with Gasteiger partial charge in [-0.2, -0.15) is 0 Å². The van der Waals surface area contributed by atoms with Gasteiger partial charge < -0.3 is 15.4 Å². The number of carbonyl (C=O) groups excluding carboxylic acids is 2. The number of hydrogen-bond acceptors (Lipinski definition) is 4. The first-order valence-corrected chi connectivity index (χ1v) is 10.0. The van der Waals surface area contributed by atoms with Crippen molar-refractivity contribution in [3.8, 4) is 5.75 Å². The molecule has 6 heteroatoms. The molecule has 3 rings (SSSR count). The van der Waals surface area contributed by atoms with Gasteiger partial charge in [0.05, 0.1) is 19.6 Å². The van der Waals surface area contributed by atoms with Crippen LogP contribution in [0, 0.1) is 6.92 Å². The number of aryl methyl sites for hydroxylation is 1. The van der Waals surface area contributed by atoms with Crippen LogP contribution in [0.1, 0.15) is 23.1 Å². The van der Waals surface area contributed by atoms with Crippen LogP contribution in [0.15, 0.2) is 48.5 Å². The molecule has 1 heterocycles. The fourth-order valence-electron chi connectivity index (χ4n) is 3.57. The summed E-state index contributed by atoms with van der Waals surface area (Å²) in [6, 6.07) is 15.5. The number of nitrogens with one attached hydrogen (secondary N) is 2. The van der Waals surface area contributed by atoms with Crippen molar-refractivity contribution < 1.29 is 14.3 Å². The van der Waals surface area contributed by atoms with Crippen molar-refractivity contribution in [1.29, 1.82) is 0 Å². The molecule has 1 atom stereocenters. The maximum atomic E-state index is 12.5. The Labute approximate surface area is 172 Å². The van der Waals surface area contributed by atoms with Crippen molar-refractivity contribution >= 4 is 11.8 Å². The molecule has 1 saturated heterocycles. The molecule has 2 amide bonds. The normalized spacial score (nSPS) is 16.9. The van der Waals surface area contributed by atoms with Crippen LogP contribution in [0.5, 0.6) is 5.75 Å². The first-order chi connectivity index (χ1) is 14.1. The van der Waals surface area contributed by atoms with Crippen molar-refractivity contribution in [3.63, 3.8) is 0 Å². The zero-order valence-corrected chi connectivity index (χ0v) is 17.1. The number of ether oxygens (including phenoxy) is 1. The van der Waals surface area contributed by atoms with Crippen LogP contribution in [0.4, 0.5) is 0 Å². The molecule has 0 saturated carbocycles. The van der Waals surface area contributed by atoms with Crippen LogP contribution in [0.2, 0.25) is 0 Å². The van der Waals surface area contributed by atoms with Gasteiger partial charge in [0.15, 0.2) is 0 Å². The van der Waals surface area contributed by atoms with Crippen molar-refractivity contribution in [2.45, 2.75) is 32.4 Å². The monoisotopic (exact) mass is 395 g/mol. The van der Waals surface area contributed by atoms with Gasteiger partial charge in [-0.15, -0.1) is 0 Å². The number of carbonyl (C=O) groups is 2. The third-order valence-corrected chi connectivity index (χ3v) is 5.35. The summed E-state index contributed by atoms with van der Waals surface area (Å²) in [6.45, 7) is 4.63. The molecule has 2 aromatic carbocycles. The molecule has 29 heavy (non-hydrogen) atoms. The van der Waals surface area contributed by atoms with Gasteiger partial charge in [-0.1, -0.05) is 36.4 Å². The topological polar surface area (TPSA) is 70.7 Å². The predicted octanol–water partition coefficient (Wildman–Crippen LogP) is 2.05. The highest BCUT2D eigenvalue weighted by atomic mass is 16.5. The van der Waals surface area contributed by atoms with Gasteiger partial charge in [0.1, 0.15) is 5.75 Å². The van der Waals surface area contributed by atoms with E-state index in [2.05, 4.69) is 34.6 Å². The van der Waals surface area contributed by atoms with Gasteiger partial charge in [0.25, 0.3) is 0 Å². The van der Waals surface area contributed by atoms with Gasteiger partial charge in [-0.3, -0.25) is 14.5 Å². The van der Waals surface area contributed by atoms with Gasteiger partial charge in [0, 0.05) is 26.2 Å². The predicted molar refractivity (Wildman–Crippen MR) is 113 cm³/mol. The highest BCUT2D eigenvalue weighted by Crippen LogP contribution is 2.16.